The number of alkyl halides is 3. The minimum atomic E-state index is -4.75. The maximum Gasteiger partial charge on any atom is 0.573 e. The molecule has 6 heteroatoms. The fourth-order valence-electron chi connectivity index (χ4n) is 0.850. The lowest BCUT2D eigenvalue weighted by atomic mass is 10.3. The van der Waals surface area contributed by atoms with Gasteiger partial charge in [0.25, 0.3) is 0 Å². The summed E-state index contributed by atoms with van der Waals surface area (Å²) in [5.41, 5.74) is 0. The summed E-state index contributed by atoms with van der Waals surface area (Å²) in [6.07, 6.45) is -3.21. The molecule has 0 aliphatic rings. The van der Waals surface area contributed by atoms with Crippen LogP contribution in [-0.4, -0.2) is 12.6 Å². The van der Waals surface area contributed by atoms with Crippen LogP contribution in [0.2, 0.25) is 0 Å². The Kier molecular flexibility index (Phi) is 3.25. The molecular weight excluding hydrogens is 220 g/mol. The van der Waals surface area contributed by atoms with E-state index in [1.54, 1.807) is 0 Å². The Morgan fingerprint density at radius 3 is 2.43 bits per heavy atom. The van der Waals surface area contributed by atoms with Gasteiger partial charge in [0.2, 0.25) is 0 Å². The van der Waals surface area contributed by atoms with E-state index in [2.05, 4.69) is 4.74 Å². The van der Waals surface area contributed by atoms with E-state index in [1.807, 2.05) is 0 Å². The van der Waals surface area contributed by atoms with Crippen LogP contribution in [0.15, 0.2) is 23.1 Å². The molecule has 0 saturated heterocycles. The molecule has 1 nitrogen and oxygen atoms in total. The van der Waals surface area contributed by atoms with E-state index < -0.39 is 12.2 Å². The molecule has 0 spiro atoms. The zero-order chi connectivity index (χ0) is 10.8. The first kappa shape index (κ1) is 11.2. The van der Waals surface area contributed by atoms with E-state index in [0.29, 0.717) is 0 Å². The van der Waals surface area contributed by atoms with Crippen LogP contribution in [0, 0.1) is 5.82 Å². The van der Waals surface area contributed by atoms with Crippen LogP contribution in [0.1, 0.15) is 0 Å². The monoisotopic (exact) mass is 226 g/mol. The molecule has 0 heterocycles. The molecule has 0 atom stereocenters. The molecule has 1 aromatic rings. The predicted molar refractivity (Wildman–Crippen MR) is 44.9 cm³/mol. The van der Waals surface area contributed by atoms with Gasteiger partial charge in [0.05, 0.1) is 4.90 Å². The number of ether oxygens (including phenoxy) is 1. The fraction of sp³-hybridized carbons (Fsp3) is 0.250. The largest absolute Gasteiger partial charge is 0.573 e. The minimum absolute atomic E-state index is 0.113. The summed E-state index contributed by atoms with van der Waals surface area (Å²) >= 11 is 0.985. The van der Waals surface area contributed by atoms with Gasteiger partial charge in [0.15, 0.2) is 0 Å². The SMILES string of the molecule is CSc1cc(F)ccc1OC(F)(F)F. The molecule has 0 unspecified atom stereocenters. The smallest absolute Gasteiger partial charge is 0.405 e. The van der Waals surface area contributed by atoms with E-state index in [-0.39, 0.29) is 10.6 Å². The second-order valence-electron chi connectivity index (χ2n) is 2.34. The molecular formula is C8H6F4OS. The number of hydrogen-bond donors (Lipinski definition) is 0. The van der Waals surface area contributed by atoms with E-state index in [9.17, 15) is 17.6 Å². The third-order valence-corrected chi connectivity index (χ3v) is 2.11. The number of thioether (sulfide) groups is 1. The van der Waals surface area contributed by atoms with Crippen molar-refractivity contribution in [2.24, 2.45) is 0 Å². The first-order valence-electron chi connectivity index (χ1n) is 3.51. The minimum Gasteiger partial charge on any atom is -0.405 e. The Morgan fingerprint density at radius 2 is 1.93 bits per heavy atom. The molecule has 0 aromatic heterocycles. The van der Waals surface area contributed by atoms with Crippen LogP contribution in [0.25, 0.3) is 0 Å². The van der Waals surface area contributed by atoms with Crippen molar-refractivity contribution in [1.82, 2.24) is 0 Å². The topological polar surface area (TPSA) is 9.23 Å². The van der Waals surface area contributed by atoms with Gasteiger partial charge in [-0.05, 0) is 24.5 Å². The summed E-state index contributed by atoms with van der Waals surface area (Å²) in [4.78, 5) is 0.113. The summed E-state index contributed by atoms with van der Waals surface area (Å²) in [5, 5.41) is 0. The summed E-state index contributed by atoms with van der Waals surface area (Å²) in [5.74, 6) is -0.977. The molecule has 0 saturated carbocycles. The van der Waals surface area contributed by atoms with Gasteiger partial charge < -0.3 is 4.74 Å². The summed E-state index contributed by atoms with van der Waals surface area (Å²) < 4.78 is 51.8. The van der Waals surface area contributed by atoms with E-state index in [4.69, 9.17) is 0 Å². The number of hydrogen-bond acceptors (Lipinski definition) is 2. The second kappa shape index (κ2) is 4.08. The van der Waals surface area contributed by atoms with Crippen LogP contribution >= 0.6 is 11.8 Å². The number of halogens is 4. The zero-order valence-corrected chi connectivity index (χ0v) is 7.88. The maximum absolute atomic E-state index is 12.6. The Bertz CT molecular complexity index is 324. The molecule has 14 heavy (non-hydrogen) atoms. The molecule has 1 rings (SSSR count). The first-order valence-corrected chi connectivity index (χ1v) is 4.74. The average molecular weight is 226 g/mol. The Morgan fingerprint density at radius 1 is 1.29 bits per heavy atom. The lowest BCUT2D eigenvalue weighted by Crippen LogP contribution is -2.17. The van der Waals surface area contributed by atoms with E-state index >= 15 is 0 Å². The van der Waals surface area contributed by atoms with Crippen molar-refractivity contribution in [3.8, 4) is 5.75 Å². The van der Waals surface area contributed by atoms with Gasteiger partial charge in [0.1, 0.15) is 11.6 Å². The molecule has 0 aliphatic carbocycles. The van der Waals surface area contributed by atoms with Crippen molar-refractivity contribution < 1.29 is 22.3 Å². The summed E-state index contributed by atoms with van der Waals surface area (Å²) in [6.45, 7) is 0. The van der Waals surface area contributed by atoms with E-state index in [1.165, 1.54) is 6.26 Å². The summed E-state index contributed by atoms with van der Waals surface area (Å²) in [6, 6.07) is 2.86. The molecule has 0 radical (unpaired) electrons. The second-order valence-corrected chi connectivity index (χ2v) is 3.19. The van der Waals surface area contributed by atoms with Gasteiger partial charge in [-0.1, -0.05) is 0 Å². The number of benzene rings is 1. The number of rotatable bonds is 2. The molecule has 0 bridgehead atoms. The Labute approximate surface area is 82.1 Å². The fourth-order valence-corrected chi connectivity index (χ4v) is 1.39. The highest BCUT2D eigenvalue weighted by Gasteiger charge is 2.32. The van der Waals surface area contributed by atoms with Crippen LogP contribution in [0.4, 0.5) is 17.6 Å². The Hall–Kier alpha value is -0.910. The first-order chi connectivity index (χ1) is 6.42. The highest BCUT2D eigenvalue weighted by molar-refractivity contribution is 7.98. The molecule has 0 N–H and O–H groups in total. The predicted octanol–water partition coefficient (Wildman–Crippen LogP) is 3.45. The average Bonchev–Trinajstić information content (AvgIpc) is 2.06. The normalized spacial score (nSPS) is 11.5. The lowest BCUT2D eigenvalue weighted by molar-refractivity contribution is -0.275. The van der Waals surface area contributed by atoms with Gasteiger partial charge in [-0.2, -0.15) is 0 Å². The highest BCUT2D eigenvalue weighted by Crippen LogP contribution is 2.32. The molecule has 0 amide bonds. The van der Waals surface area contributed by atoms with Gasteiger partial charge >= 0.3 is 6.36 Å². The Balaban J connectivity index is 2.97. The van der Waals surface area contributed by atoms with Gasteiger partial charge in [0, 0.05) is 0 Å². The van der Waals surface area contributed by atoms with Gasteiger partial charge in [-0.3, -0.25) is 0 Å². The standard InChI is InChI=1S/C8H6F4OS/c1-14-7-4-5(9)2-3-6(7)13-8(10,11)12/h2-4H,1H3. The van der Waals surface area contributed by atoms with Crippen molar-refractivity contribution in [3.63, 3.8) is 0 Å². The molecule has 1 aromatic carbocycles. The van der Waals surface area contributed by atoms with E-state index in [0.717, 1.165) is 30.0 Å². The van der Waals surface area contributed by atoms with Crippen molar-refractivity contribution in [1.29, 1.82) is 0 Å². The van der Waals surface area contributed by atoms with Crippen molar-refractivity contribution in [2.75, 3.05) is 6.26 Å². The van der Waals surface area contributed by atoms with Gasteiger partial charge in [-0.15, -0.1) is 24.9 Å². The van der Waals surface area contributed by atoms with Crippen molar-refractivity contribution in [3.05, 3.63) is 24.0 Å². The molecule has 0 aliphatic heterocycles. The van der Waals surface area contributed by atoms with Crippen LogP contribution < -0.4 is 4.74 Å². The summed E-state index contributed by atoms with van der Waals surface area (Å²) in [7, 11) is 0. The third-order valence-electron chi connectivity index (χ3n) is 1.35. The molecule has 0 fully saturated rings. The van der Waals surface area contributed by atoms with Gasteiger partial charge in [-0.25, -0.2) is 4.39 Å². The highest BCUT2D eigenvalue weighted by atomic mass is 32.2. The lowest BCUT2D eigenvalue weighted by Gasteiger charge is -2.11. The third kappa shape index (κ3) is 3.10. The van der Waals surface area contributed by atoms with Crippen molar-refractivity contribution >= 4 is 11.8 Å². The zero-order valence-electron chi connectivity index (χ0n) is 7.06. The van der Waals surface area contributed by atoms with Crippen molar-refractivity contribution in [2.45, 2.75) is 11.3 Å². The molecule has 78 valence electrons. The van der Waals surface area contributed by atoms with Crippen LogP contribution in [-0.2, 0) is 0 Å². The van der Waals surface area contributed by atoms with Crippen LogP contribution in [0.5, 0.6) is 5.75 Å². The quantitative estimate of drug-likeness (QED) is 0.564. The van der Waals surface area contributed by atoms with Crippen LogP contribution in [0.3, 0.4) is 0 Å². The maximum atomic E-state index is 12.6.